The van der Waals surface area contributed by atoms with Crippen LogP contribution >= 0.6 is 23.2 Å². The Morgan fingerprint density at radius 2 is 1.96 bits per heavy atom. The van der Waals surface area contributed by atoms with E-state index in [-0.39, 0.29) is 6.10 Å². The Bertz CT molecular complexity index is 1100. The molecule has 0 saturated heterocycles. The van der Waals surface area contributed by atoms with Gasteiger partial charge in [-0.25, -0.2) is 0 Å². The third kappa shape index (κ3) is 3.36. The summed E-state index contributed by atoms with van der Waals surface area (Å²) in [5, 5.41) is 11.6. The van der Waals surface area contributed by atoms with E-state index in [0.717, 1.165) is 40.6 Å². The van der Waals surface area contributed by atoms with Gasteiger partial charge in [-0.3, -0.25) is 0 Å². The fraction of sp³-hybridized carbons (Fsp3) is 0.348. The number of halogens is 2. The minimum atomic E-state index is 0.242. The van der Waals surface area contributed by atoms with Crippen molar-refractivity contribution < 1.29 is 4.74 Å². The Balaban J connectivity index is 1.70. The Kier molecular flexibility index (Phi) is 5.04. The molecule has 1 fully saturated rings. The van der Waals surface area contributed by atoms with Crippen LogP contribution in [-0.2, 0) is 13.5 Å². The molecule has 0 spiro atoms. The van der Waals surface area contributed by atoms with Gasteiger partial charge in [0.15, 0.2) is 0 Å². The molecule has 1 aliphatic carbocycles. The number of nitriles is 1. The number of hydrogen-bond donors (Lipinski definition) is 0. The average Bonchev–Trinajstić information content (AvgIpc) is 2.96. The van der Waals surface area contributed by atoms with Crippen LogP contribution in [0.2, 0.25) is 10.0 Å². The highest BCUT2D eigenvalue weighted by atomic mass is 35.5. The number of ether oxygens (including phenoxy) is 1. The van der Waals surface area contributed by atoms with Crippen molar-refractivity contribution in [3.8, 4) is 11.8 Å². The third-order valence-corrected chi connectivity index (χ3v) is 6.50. The highest BCUT2D eigenvalue weighted by molar-refractivity contribution is 6.37. The summed E-state index contributed by atoms with van der Waals surface area (Å²) in [6.45, 7) is 4.26. The summed E-state index contributed by atoms with van der Waals surface area (Å²) in [5.41, 5.74) is 4.75. The number of aryl methyl sites for hydroxylation is 2. The Morgan fingerprint density at radius 1 is 1.21 bits per heavy atom. The molecule has 1 aromatic heterocycles. The van der Waals surface area contributed by atoms with Gasteiger partial charge in [0.1, 0.15) is 5.75 Å². The van der Waals surface area contributed by atoms with Crippen LogP contribution in [0.4, 0.5) is 0 Å². The minimum absolute atomic E-state index is 0.242. The van der Waals surface area contributed by atoms with Crippen LogP contribution < -0.4 is 4.74 Å². The molecule has 144 valence electrons. The van der Waals surface area contributed by atoms with Gasteiger partial charge in [-0.2, -0.15) is 5.26 Å². The van der Waals surface area contributed by atoms with E-state index in [1.54, 1.807) is 0 Å². The van der Waals surface area contributed by atoms with Crippen LogP contribution in [-0.4, -0.2) is 10.7 Å². The summed E-state index contributed by atoms with van der Waals surface area (Å²) < 4.78 is 8.20. The Morgan fingerprint density at radius 3 is 2.64 bits per heavy atom. The van der Waals surface area contributed by atoms with Gasteiger partial charge in [0.2, 0.25) is 0 Å². The van der Waals surface area contributed by atoms with Crippen LogP contribution in [0.25, 0.3) is 10.9 Å². The van der Waals surface area contributed by atoms with Crippen molar-refractivity contribution in [3.05, 3.63) is 62.8 Å². The van der Waals surface area contributed by atoms with Gasteiger partial charge in [0, 0.05) is 35.1 Å². The van der Waals surface area contributed by atoms with Gasteiger partial charge in [-0.15, -0.1) is 0 Å². The third-order valence-electron chi connectivity index (χ3n) is 5.73. The van der Waals surface area contributed by atoms with Crippen molar-refractivity contribution in [3.63, 3.8) is 0 Å². The van der Waals surface area contributed by atoms with E-state index in [4.69, 9.17) is 27.9 Å². The molecule has 0 N–H and O–H groups in total. The molecule has 1 aliphatic rings. The van der Waals surface area contributed by atoms with Crippen molar-refractivity contribution in [2.75, 3.05) is 0 Å². The molecule has 5 heteroatoms. The molecule has 0 atom stereocenters. The van der Waals surface area contributed by atoms with Crippen LogP contribution in [0.3, 0.4) is 0 Å². The predicted octanol–water partition coefficient (Wildman–Crippen LogP) is 6.43. The second kappa shape index (κ2) is 7.35. The normalized spacial score (nSPS) is 18.7. The number of fused-ring (bicyclic) bond motifs is 1. The summed E-state index contributed by atoms with van der Waals surface area (Å²) in [6.07, 6.45) is 2.98. The summed E-state index contributed by atoms with van der Waals surface area (Å²) in [7, 11) is 2.01. The smallest absolute Gasteiger partial charge is 0.138 e. The summed E-state index contributed by atoms with van der Waals surface area (Å²) >= 11 is 13.2. The van der Waals surface area contributed by atoms with Gasteiger partial charge in [0.05, 0.1) is 22.8 Å². The van der Waals surface area contributed by atoms with Crippen molar-refractivity contribution in [1.82, 2.24) is 4.57 Å². The minimum Gasteiger partial charge on any atom is -0.489 e. The Labute approximate surface area is 175 Å². The highest BCUT2D eigenvalue weighted by Crippen LogP contribution is 2.39. The lowest BCUT2D eigenvalue weighted by Gasteiger charge is -2.33. The predicted molar refractivity (Wildman–Crippen MR) is 114 cm³/mol. The SMILES string of the molecule is Cc1cc(C#N)cc2c1cc(Cc1c(Cl)ccc(OC3CC(C)C3)c1Cl)n2C. The number of aromatic nitrogens is 1. The Hall–Kier alpha value is -2.15. The zero-order valence-electron chi connectivity index (χ0n) is 16.2. The monoisotopic (exact) mass is 412 g/mol. The maximum atomic E-state index is 9.26. The lowest BCUT2D eigenvalue weighted by Crippen LogP contribution is -2.32. The highest BCUT2D eigenvalue weighted by Gasteiger charge is 2.28. The van der Waals surface area contributed by atoms with Gasteiger partial charge in [-0.1, -0.05) is 30.1 Å². The number of benzene rings is 2. The van der Waals surface area contributed by atoms with Crippen molar-refractivity contribution in [2.45, 2.75) is 39.2 Å². The van der Waals surface area contributed by atoms with Gasteiger partial charge in [0.25, 0.3) is 0 Å². The van der Waals surface area contributed by atoms with Gasteiger partial charge in [-0.05, 0) is 67.1 Å². The average molecular weight is 413 g/mol. The fourth-order valence-corrected chi connectivity index (χ4v) is 4.56. The molecule has 2 aromatic carbocycles. The van der Waals surface area contributed by atoms with Crippen LogP contribution in [0.1, 0.15) is 42.1 Å². The van der Waals surface area contributed by atoms with Gasteiger partial charge >= 0.3 is 0 Å². The molecule has 0 bridgehead atoms. The molecule has 3 nitrogen and oxygen atoms in total. The van der Waals surface area contributed by atoms with E-state index in [2.05, 4.69) is 23.6 Å². The molecule has 0 aliphatic heterocycles. The number of nitrogens with zero attached hydrogens (tertiary/aromatic N) is 2. The van der Waals surface area contributed by atoms with Crippen LogP contribution in [0.15, 0.2) is 30.3 Å². The molecule has 1 heterocycles. The molecule has 0 radical (unpaired) electrons. The molecule has 28 heavy (non-hydrogen) atoms. The van der Waals surface area contributed by atoms with Crippen LogP contribution in [0, 0.1) is 24.2 Å². The first kappa shape index (κ1) is 19.2. The summed E-state index contributed by atoms with van der Waals surface area (Å²) in [4.78, 5) is 0. The lowest BCUT2D eigenvalue weighted by molar-refractivity contribution is 0.0739. The van der Waals surface area contributed by atoms with Crippen molar-refractivity contribution in [2.24, 2.45) is 13.0 Å². The molecule has 1 saturated carbocycles. The van der Waals surface area contributed by atoms with Crippen LogP contribution in [0.5, 0.6) is 5.75 Å². The molecule has 3 aromatic rings. The molecular weight excluding hydrogens is 391 g/mol. The van der Waals surface area contributed by atoms with Gasteiger partial charge < -0.3 is 9.30 Å². The van der Waals surface area contributed by atoms with Crippen molar-refractivity contribution >= 4 is 34.1 Å². The number of hydrogen-bond acceptors (Lipinski definition) is 2. The van der Waals surface area contributed by atoms with E-state index in [1.165, 1.54) is 0 Å². The van der Waals surface area contributed by atoms with E-state index in [0.29, 0.717) is 33.7 Å². The quantitative estimate of drug-likeness (QED) is 0.494. The molecular formula is C23H22Cl2N2O. The molecule has 0 unspecified atom stereocenters. The first-order chi connectivity index (χ1) is 13.4. The van der Waals surface area contributed by atoms with Crippen molar-refractivity contribution in [1.29, 1.82) is 5.26 Å². The zero-order valence-corrected chi connectivity index (χ0v) is 17.7. The first-order valence-electron chi connectivity index (χ1n) is 9.50. The lowest BCUT2D eigenvalue weighted by atomic mass is 9.84. The molecule has 0 amide bonds. The second-order valence-electron chi connectivity index (χ2n) is 7.86. The fourth-order valence-electron chi connectivity index (χ4n) is 4.01. The standard InChI is InChI=1S/C23H22Cl2N2O/c1-13-6-17(7-13)28-22-5-4-20(24)19(23(22)25)11-16-10-18-14(2)8-15(12-26)9-21(18)27(16)3/h4-5,8-10,13,17H,6-7,11H2,1-3H3. The zero-order chi connectivity index (χ0) is 20.0. The van der Waals surface area contributed by atoms with E-state index >= 15 is 0 Å². The first-order valence-corrected chi connectivity index (χ1v) is 10.3. The molecule has 4 rings (SSSR count). The summed E-state index contributed by atoms with van der Waals surface area (Å²) in [6, 6.07) is 12.0. The maximum Gasteiger partial charge on any atom is 0.138 e. The topological polar surface area (TPSA) is 37.9 Å². The second-order valence-corrected chi connectivity index (χ2v) is 8.65. The van der Waals surface area contributed by atoms with E-state index in [1.807, 2.05) is 38.2 Å². The summed E-state index contributed by atoms with van der Waals surface area (Å²) in [5.74, 6) is 1.42. The van der Waals surface area contributed by atoms with E-state index in [9.17, 15) is 5.26 Å². The largest absolute Gasteiger partial charge is 0.489 e. The maximum absolute atomic E-state index is 9.26. The van der Waals surface area contributed by atoms with E-state index < -0.39 is 0 Å². The number of rotatable bonds is 4.